The Kier molecular flexibility index (Phi) is 3.15. The van der Waals surface area contributed by atoms with Gasteiger partial charge in [0.1, 0.15) is 12.4 Å². The van der Waals surface area contributed by atoms with Crippen LogP contribution in [0.25, 0.3) is 0 Å². The molecule has 1 heterocycles. The van der Waals surface area contributed by atoms with Gasteiger partial charge in [-0.3, -0.25) is 0 Å². The second-order valence-corrected chi connectivity index (χ2v) is 3.55. The van der Waals surface area contributed by atoms with Gasteiger partial charge < -0.3 is 4.74 Å². The molecular formula is C13H12FNO. The van der Waals surface area contributed by atoms with E-state index in [0.717, 1.165) is 11.1 Å². The van der Waals surface area contributed by atoms with E-state index in [2.05, 4.69) is 4.98 Å². The van der Waals surface area contributed by atoms with Gasteiger partial charge in [0.25, 0.3) is 0 Å². The molecule has 2 nitrogen and oxygen atoms in total. The lowest BCUT2D eigenvalue weighted by molar-refractivity contribution is 0.301. The lowest BCUT2D eigenvalue weighted by Crippen LogP contribution is -1.98. The van der Waals surface area contributed by atoms with Gasteiger partial charge in [-0.05, 0) is 24.1 Å². The summed E-state index contributed by atoms with van der Waals surface area (Å²) in [6.45, 7) is 2.26. The van der Waals surface area contributed by atoms with Crippen LogP contribution in [0.4, 0.5) is 4.39 Å². The summed E-state index contributed by atoms with van der Waals surface area (Å²) < 4.78 is 18.3. The van der Waals surface area contributed by atoms with E-state index in [4.69, 9.17) is 4.74 Å². The van der Waals surface area contributed by atoms with Crippen molar-refractivity contribution in [1.29, 1.82) is 0 Å². The van der Waals surface area contributed by atoms with E-state index in [1.165, 1.54) is 12.3 Å². The molecular weight excluding hydrogens is 205 g/mol. The van der Waals surface area contributed by atoms with Crippen LogP contribution in [-0.4, -0.2) is 4.98 Å². The van der Waals surface area contributed by atoms with E-state index < -0.39 is 5.95 Å². The Morgan fingerprint density at radius 1 is 1.25 bits per heavy atom. The van der Waals surface area contributed by atoms with Gasteiger partial charge in [0.15, 0.2) is 0 Å². The SMILES string of the molecule is Cc1cc(F)ncc1OCc1ccccc1. The molecule has 2 aromatic rings. The molecule has 16 heavy (non-hydrogen) atoms. The highest BCUT2D eigenvalue weighted by Crippen LogP contribution is 2.17. The third-order valence-electron chi connectivity index (χ3n) is 2.27. The summed E-state index contributed by atoms with van der Waals surface area (Å²) in [5, 5.41) is 0. The minimum absolute atomic E-state index is 0.467. The first-order valence-electron chi connectivity index (χ1n) is 5.04. The summed E-state index contributed by atoms with van der Waals surface area (Å²) in [6.07, 6.45) is 1.41. The highest BCUT2D eigenvalue weighted by Gasteiger charge is 2.02. The molecule has 0 aliphatic carbocycles. The van der Waals surface area contributed by atoms with Crippen LogP contribution in [0.2, 0.25) is 0 Å². The normalized spacial score (nSPS) is 10.1. The molecule has 0 saturated heterocycles. The van der Waals surface area contributed by atoms with Crippen molar-refractivity contribution in [1.82, 2.24) is 4.98 Å². The third kappa shape index (κ3) is 2.57. The zero-order chi connectivity index (χ0) is 11.4. The first-order chi connectivity index (χ1) is 7.75. The molecule has 0 radical (unpaired) electrons. The summed E-state index contributed by atoms with van der Waals surface area (Å²) in [4.78, 5) is 3.56. The minimum atomic E-state index is -0.482. The number of nitrogens with zero attached hydrogens (tertiary/aromatic N) is 1. The van der Waals surface area contributed by atoms with E-state index >= 15 is 0 Å². The highest BCUT2D eigenvalue weighted by molar-refractivity contribution is 5.29. The fraction of sp³-hybridized carbons (Fsp3) is 0.154. The number of hydrogen-bond acceptors (Lipinski definition) is 2. The molecule has 1 aromatic carbocycles. The number of benzene rings is 1. The van der Waals surface area contributed by atoms with Crippen molar-refractivity contribution in [2.24, 2.45) is 0 Å². The van der Waals surface area contributed by atoms with Crippen molar-refractivity contribution in [3.8, 4) is 5.75 Å². The first-order valence-corrected chi connectivity index (χ1v) is 5.04. The van der Waals surface area contributed by atoms with Crippen molar-refractivity contribution < 1.29 is 9.13 Å². The summed E-state index contributed by atoms with van der Waals surface area (Å²) in [6, 6.07) is 11.2. The van der Waals surface area contributed by atoms with Gasteiger partial charge in [-0.2, -0.15) is 4.39 Å². The topological polar surface area (TPSA) is 22.1 Å². The Morgan fingerprint density at radius 2 is 2.00 bits per heavy atom. The second kappa shape index (κ2) is 4.75. The lowest BCUT2D eigenvalue weighted by atomic mass is 10.2. The Balaban J connectivity index is 2.05. The molecule has 0 fully saturated rings. The van der Waals surface area contributed by atoms with E-state index in [1.54, 1.807) is 6.92 Å². The molecule has 0 unspecified atom stereocenters. The summed E-state index contributed by atoms with van der Waals surface area (Å²) in [7, 11) is 0. The largest absolute Gasteiger partial charge is 0.487 e. The maximum Gasteiger partial charge on any atom is 0.213 e. The fourth-order valence-electron chi connectivity index (χ4n) is 1.40. The summed E-state index contributed by atoms with van der Waals surface area (Å²) >= 11 is 0. The third-order valence-corrected chi connectivity index (χ3v) is 2.27. The number of pyridine rings is 1. The fourth-order valence-corrected chi connectivity index (χ4v) is 1.40. The average molecular weight is 217 g/mol. The van der Waals surface area contributed by atoms with Crippen LogP contribution < -0.4 is 4.74 Å². The van der Waals surface area contributed by atoms with Crippen molar-refractivity contribution in [2.45, 2.75) is 13.5 Å². The van der Waals surface area contributed by atoms with Crippen molar-refractivity contribution in [3.05, 3.63) is 59.7 Å². The molecule has 0 bridgehead atoms. The number of aryl methyl sites for hydroxylation is 1. The monoisotopic (exact) mass is 217 g/mol. The van der Waals surface area contributed by atoms with Crippen LogP contribution in [0, 0.1) is 12.9 Å². The zero-order valence-corrected chi connectivity index (χ0v) is 8.98. The van der Waals surface area contributed by atoms with Crippen LogP contribution in [0.5, 0.6) is 5.75 Å². The lowest BCUT2D eigenvalue weighted by Gasteiger charge is -2.08. The molecule has 0 spiro atoms. The zero-order valence-electron chi connectivity index (χ0n) is 8.98. The second-order valence-electron chi connectivity index (χ2n) is 3.55. The predicted molar refractivity (Wildman–Crippen MR) is 59.7 cm³/mol. The van der Waals surface area contributed by atoms with E-state index in [9.17, 15) is 4.39 Å². The van der Waals surface area contributed by atoms with Gasteiger partial charge in [-0.15, -0.1) is 0 Å². The molecule has 0 atom stereocenters. The number of ether oxygens (including phenoxy) is 1. The average Bonchev–Trinajstić information content (AvgIpc) is 2.29. The van der Waals surface area contributed by atoms with E-state index in [-0.39, 0.29) is 0 Å². The number of aromatic nitrogens is 1. The Labute approximate surface area is 93.7 Å². The number of halogens is 1. The van der Waals surface area contributed by atoms with Crippen molar-refractivity contribution in [3.63, 3.8) is 0 Å². The van der Waals surface area contributed by atoms with Gasteiger partial charge in [-0.1, -0.05) is 30.3 Å². The van der Waals surface area contributed by atoms with Crippen molar-refractivity contribution in [2.75, 3.05) is 0 Å². The Bertz CT molecular complexity index is 471. The van der Waals surface area contributed by atoms with Crippen LogP contribution in [-0.2, 0) is 6.61 Å². The van der Waals surface area contributed by atoms with Gasteiger partial charge in [-0.25, -0.2) is 4.98 Å². The van der Waals surface area contributed by atoms with Crippen LogP contribution in [0.15, 0.2) is 42.6 Å². The molecule has 3 heteroatoms. The molecule has 0 aliphatic rings. The molecule has 0 amide bonds. The summed E-state index contributed by atoms with van der Waals surface area (Å²) in [5.74, 6) is 0.134. The highest BCUT2D eigenvalue weighted by atomic mass is 19.1. The molecule has 82 valence electrons. The number of hydrogen-bond donors (Lipinski definition) is 0. The molecule has 0 saturated carbocycles. The molecule has 1 aromatic heterocycles. The maximum atomic E-state index is 12.7. The van der Waals surface area contributed by atoms with Crippen molar-refractivity contribution >= 4 is 0 Å². The Morgan fingerprint density at radius 3 is 2.69 bits per heavy atom. The molecule has 2 rings (SSSR count). The summed E-state index contributed by atoms with van der Waals surface area (Å²) in [5.41, 5.74) is 1.83. The van der Waals surface area contributed by atoms with Crippen LogP contribution in [0.1, 0.15) is 11.1 Å². The Hall–Kier alpha value is -1.90. The number of rotatable bonds is 3. The standard InChI is InChI=1S/C13H12FNO/c1-10-7-13(14)15-8-12(10)16-9-11-5-3-2-4-6-11/h2-8H,9H2,1H3. The van der Waals surface area contributed by atoms with E-state index in [0.29, 0.717) is 12.4 Å². The van der Waals surface area contributed by atoms with Gasteiger partial charge in [0.2, 0.25) is 5.95 Å². The predicted octanol–water partition coefficient (Wildman–Crippen LogP) is 3.11. The quantitative estimate of drug-likeness (QED) is 0.737. The van der Waals surface area contributed by atoms with Gasteiger partial charge >= 0.3 is 0 Å². The first kappa shape index (κ1) is 10.6. The van der Waals surface area contributed by atoms with E-state index in [1.807, 2.05) is 30.3 Å². The van der Waals surface area contributed by atoms with Gasteiger partial charge in [0, 0.05) is 0 Å². The minimum Gasteiger partial charge on any atom is -0.487 e. The molecule has 0 N–H and O–H groups in total. The van der Waals surface area contributed by atoms with Crippen LogP contribution >= 0.6 is 0 Å². The smallest absolute Gasteiger partial charge is 0.213 e. The maximum absolute atomic E-state index is 12.7. The molecule has 0 aliphatic heterocycles. The van der Waals surface area contributed by atoms with Gasteiger partial charge in [0.05, 0.1) is 6.20 Å². The van der Waals surface area contributed by atoms with Crippen LogP contribution in [0.3, 0.4) is 0 Å².